The van der Waals surface area contributed by atoms with E-state index in [1.807, 2.05) is 0 Å². The van der Waals surface area contributed by atoms with Gasteiger partial charge in [-0.25, -0.2) is 0 Å². The van der Waals surface area contributed by atoms with Gasteiger partial charge in [0.25, 0.3) is 0 Å². The Morgan fingerprint density at radius 3 is 2.86 bits per heavy atom. The molecule has 1 heterocycles. The van der Waals surface area contributed by atoms with Gasteiger partial charge in [0, 0.05) is 12.0 Å². The molecule has 1 aliphatic rings. The third kappa shape index (κ3) is 1.24. The summed E-state index contributed by atoms with van der Waals surface area (Å²) in [4.78, 5) is 0. The zero-order valence-corrected chi connectivity index (χ0v) is 7.83. The molecule has 14 heavy (non-hydrogen) atoms. The first-order valence-electron chi connectivity index (χ1n) is 4.73. The lowest BCUT2D eigenvalue weighted by Gasteiger charge is -2.13. The van der Waals surface area contributed by atoms with Crippen molar-refractivity contribution in [1.29, 1.82) is 5.26 Å². The molecular weight excluding hydrogens is 178 g/mol. The Kier molecular flexibility index (Phi) is 2.14. The quantitative estimate of drug-likeness (QED) is 0.599. The summed E-state index contributed by atoms with van der Waals surface area (Å²) in [6, 6.07) is 2.19. The van der Waals surface area contributed by atoms with Crippen molar-refractivity contribution in [1.82, 2.24) is 10.2 Å². The minimum absolute atomic E-state index is 0.127. The molecule has 0 saturated heterocycles. The lowest BCUT2D eigenvalue weighted by atomic mass is 9.97. The highest BCUT2D eigenvalue weighted by Crippen LogP contribution is 2.34. The Labute approximate surface area is 82.1 Å². The van der Waals surface area contributed by atoms with Crippen LogP contribution in [-0.4, -0.2) is 16.2 Å². The van der Waals surface area contributed by atoms with Gasteiger partial charge >= 0.3 is 0 Å². The topological polar surface area (TPSA) is 105 Å². The van der Waals surface area contributed by atoms with Gasteiger partial charge in [-0.2, -0.15) is 10.4 Å². The fourth-order valence-corrected chi connectivity index (χ4v) is 2.10. The summed E-state index contributed by atoms with van der Waals surface area (Å²) in [6.07, 6.45) is 3.13. The van der Waals surface area contributed by atoms with E-state index < -0.39 is 0 Å². The van der Waals surface area contributed by atoms with Crippen molar-refractivity contribution < 1.29 is 0 Å². The molecule has 2 unspecified atom stereocenters. The molecule has 74 valence electrons. The maximum atomic E-state index is 8.90. The number of anilines is 1. The lowest BCUT2D eigenvalue weighted by Crippen LogP contribution is -2.23. The van der Waals surface area contributed by atoms with Gasteiger partial charge in [-0.15, -0.1) is 0 Å². The molecule has 5 heteroatoms. The van der Waals surface area contributed by atoms with E-state index in [0.717, 1.165) is 25.0 Å². The second-order valence-electron chi connectivity index (χ2n) is 3.71. The largest absolute Gasteiger partial charge is 0.381 e. The number of nitrogens with two attached hydrogens (primary N) is 2. The molecule has 1 saturated carbocycles. The van der Waals surface area contributed by atoms with E-state index in [1.54, 1.807) is 0 Å². The minimum atomic E-state index is 0.127. The Hall–Kier alpha value is -1.54. The van der Waals surface area contributed by atoms with Gasteiger partial charge in [0.15, 0.2) is 5.82 Å². The van der Waals surface area contributed by atoms with Gasteiger partial charge in [0.1, 0.15) is 11.6 Å². The van der Waals surface area contributed by atoms with E-state index in [4.69, 9.17) is 16.7 Å². The minimum Gasteiger partial charge on any atom is -0.381 e. The maximum absolute atomic E-state index is 8.90. The van der Waals surface area contributed by atoms with Crippen LogP contribution in [0.15, 0.2) is 0 Å². The van der Waals surface area contributed by atoms with Crippen molar-refractivity contribution in [3.05, 3.63) is 11.3 Å². The number of nitriles is 1. The zero-order valence-electron chi connectivity index (χ0n) is 7.83. The molecule has 1 aliphatic carbocycles. The average molecular weight is 191 g/mol. The Morgan fingerprint density at radius 1 is 1.50 bits per heavy atom. The van der Waals surface area contributed by atoms with Crippen LogP contribution in [0.4, 0.5) is 5.82 Å². The molecule has 0 radical (unpaired) electrons. The van der Waals surface area contributed by atoms with E-state index in [2.05, 4.69) is 16.3 Å². The molecule has 1 aromatic heterocycles. The van der Waals surface area contributed by atoms with Gasteiger partial charge in [-0.1, -0.05) is 6.42 Å². The molecule has 2 atom stereocenters. The Morgan fingerprint density at radius 2 is 2.29 bits per heavy atom. The molecule has 1 fully saturated rings. The predicted molar refractivity (Wildman–Crippen MR) is 52.3 cm³/mol. The van der Waals surface area contributed by atoms with Gasteiger partial charge < -0.3 is 11.5 Å². The van der Waals surface area contributed by atoms with E-state index in [1.165, 1.54) is 0 Å². The predicted octanol–water partition coefficient (Wildman–Crippen LogP) is 0.458. The third-order valence-electron chi connectivity index (χ3n) is 2.87. The molecule has 0 amide bonds. The van der Waals surface area contributed by atoms with Crippen LogP contribution >= 0.6 is 0 Å². The van der Waals surface area contributed by atoms with Crippen LogP contribution in [0.1, 0.15) is 36.4 Å². The highest BCUT2D eigenvalue weighted by Gasteiger charge is 2.29. The second kappa shape index (κ2) is 3.31. The number of H-pyrrole nitrogens is 1. The highest BCUT2D eigenvalue weighted by molar-refractivity contribution is 5.52. The van der Waals surface area contributed by atoms with E-state index >= 15 is 0 Å². The van der Waals surface area contributed by atoms with E-state index in [-0.39, 0.29) is 17.8 Å². The summed E-state index contributed by atoms with van der Waals surface area (Å²) in [5, 5.41) is 15.6. The lowest BCUT2D eigenvalue weighted by molar-refractivity contribution is 0.595. The summed E-state index contributed by atoms with van der Waals surface area (Å²) < 4.78 is 0. The second-order valence-corrected chi connectivity index (χ2v) is 3.71. The van der Waals surface area contributed by atoms with Crippen LogP contribution in [0.3, 0.4) is 0 Å². The number of hydrogen-bond donors (Lipinski definition) is 3. The van der Waals surface area contributed by atoms with E-state index in [0.29, 0.717) is 5.56 Å². The molecule has 2 rings (SSSR count). The van der Waals surface area contributed by atoms with Crippen molar-refractivity contribution in [2.75, 3.05) is 5.73 Å². The van der Waals surface area contributed by atoms with Gasteiger partial charge in [0.2, 0.25) is 0 Å². The van der Waals surface area contributed by atoms with Crippen LogP contribution in [0.25, 0.3) is 0 Å². The molecular formula is C9H13N5. The van der Waals surface area contributed by atoms with Crippen molar-refractivity contribution in [3.8, 4) is 6.07 Å². The first kappa shape index (κ1) is 9.03. The van der Waals surface area contributed by atoms with Crippen molar-refractivity contribution in [3.63, 3.8) is 0 Å². The average Bonchev–Trinajstić information content (AvgIpc) is 2.71. The van der Waals surface area contributed by atoms with Gasteiger partial charge in [-0.3, -0.25) is 5.10 Å². The fourth-order valence-electron chi connectivity index (χ4n) is 2.10. The SMILES string of the molecule is N#Cc1c(N)n[nH]c1C1CCCC1N. The highest BCUT2D eigenvalue weighted by atomic mass is 15.2. The number of nitrogens with zero attached hydrogens (tertiary/aromatic N) is 2. The van der Waals surface area contributed by atoms with Crippen LogP contribution in [-0.2, 0) is 0 Å². The van der Waals surface area contributed by atoms with Crippen LogP contribution in [0.2, 0.25) is 0 Å². The van der Waals surface area contributed by atoms with Gasteiger partial charge in [0.05, 0.1) is 5.69 Å². The first-order chi connectivity index (χ1) is 6.74. The summed E-state index contributed by atoms with van der Waals surface area (Å²) in [5.41, 5.74) is 12.8. The summed E-state index contributed by atoms with van der Waals surface area (Å²) in [7, 11) is 0. The maximum Gasteiger partial charge on any atom is 0.163 e. The molecule has 0 aliphatic heterocycles. The summed E-state index contributed by atoms with van der Waals surface area (Å²) >= 11 is 0. The number of rotatable bonds is 1. The first-order valence-corrected chi connectivity index (χ1v) is 4.73. The third-order valence-corrected chi connectivity index (χ3v) is 2.87. The number of nitrogens with one attached hydrogen (secondary N) is 1. The molecule has 5 N–H and O–H groups in total. The number of aromatic nitrogens is 2. The van der Waals surface area contributed by atoms with Gasteiger partial charge in [-0.05, 0) is 12.8 Å². The molecule has 0 spiro atoms. The van der Waals surface area contributed by atoms with E-state index in [9.17, 15) is 0 Å². The smallest absolute Gasteiger partial charge is 0.163 e. The zero-order chi connectivity index (χ0) is 10.1. The van der Waals surface area contributed by atoms with Crippen LogP contribution in [0, 0.1) is 11.3 Å². The molecule has 0 aromatic carbocycles. The van der Waals surface area contributed by atoms with Crippen LogP contribution in [0.5, 0.6) is 0 Å². The van der Waals surface area contributed by atoms with Crippen molar-refractivity contribution in [2.24, 2.45) is 5.73 Å². The number of hydrogen-bond acceptors (Lipinski definition) is 4. The normalized spacial score (nSPS) is 26.3. The Balaban J connectivity index is 2.37. The Bertz CT molecular complexity index is 375. The number of aromatic amines is 1. The summed E-state index contributed by atoms with van der Waals surface area (Å²) in [6.45, 7) is 0. The van der Waals surface area contributed by atoms with Crippen LogP contribution < -0.4 is 11.5 Å². The molecule has 1 aromatic rings. The number of nitrogen functional groups attached to an aromatic ring is 1. The standard InChI is InChI=1S/C9H13N5/c10-4-6-8(13-14-9(6)12)5-2-1-3-7(5)11/h5,7H,1-3,11H2,(H3,12,13,14). The van der Waals surface area contributed by atoms with Crippen molar-refractivity contribution in [2.45, 2.75) is 31.2 Å². The molecule has 5 nitrogen and oxygen atoms in total. The monoisotopic (exact) mass is 191 g/mol. The molecule has 0 bridgehead atoms. The van der Waals surface area contributed by atoms with Crippen molar-refractivity contribution >= 4 is 5.82 Å². The fraction of sp³-hybridized carbons (Fsp3) is 0.556. The summed E-state index contributed by atoms with van der Waals surface area (Å²) in [5.74, 6) is 0.496.